The molecule has 0 nitrogen and oxygen atoms in total. The Balaban J connectivity index is 2.13. The molecule has 1 aliphatic rings. The van der Waals surface area contributed by atoms with Crippen LogP contribution in [0.2, 0.25) is 5.02 Å². The minimum absolute atomic E-state index is 0.603. The van der Waals surface area contributed by atoms with E-state index in [9.17, 15) is 4.39 Å². The molecule has 0 heterocycles. The van der Waals surface area contributed by atoms with E-state index < -0.39 is 6.17 Å². The molecule has 80 valence electrons. The van der Waals surface area contributed by atoms with E-state index in [0.29, 0.717) is 12.8 Å². The van der Waals surface area contributed by atoms with Crippen LogP contribution in [-0.4, -0.2) is 6.17 Å². The van der Waals surface area contributed by atoms with E-state index in [-0.39, 0.29) is 0 Å². The molecule has 1 fully saturated rings. The van der Waals surface area contributed by atoms with Crippen molar-refractivity contribution in [1.29, 1.82) is 0 Å². The monoisotopic (exact) mass is 224 g/mol. The van der Waals surface area contributed by atoms with E-state index in [1.165, 1.54) is 5.57 Å². The zero-order valence-corrected chi connectivity index (χ0v) is 9.30. The Labute approximate surface area is 94.8 Å². The number of hydrogen-bond donors (Lipinski definition) is 0. The summed E-state index contributed by atoms with van der Waals surface area (Å²) in [5, 5.41) is 0.771. The van der Waals surface area contributed by atoms with Crippen LogP contribution in [0.5, 0.6) is 0 Å². The summed E-state index contributed by atoms with van der Waals surface area (Å²) in [6.07, 6.45) is 4.56. The van der Waals surface area contributed by atoms with Crippen molar-refractivity contribution >= 4 is 17.7 Å². The highest BCUT2D eigenvalue weighted by atomic mass is 35.5. The van der Waals surface area contributed by atoms with Crippen LogP contribution in [0.4, 0.5) is 4.39 Å². The van der Waals surface area contributed by atoms with Gasteiger partial charge in [0.2, 0.25) is 0 Å². The summed E-state index contributed by atoms with van der Waals surface area (Å²) in [6.45, 7) is 0. The Bertz CT molecular complexity index is 361. The Kier molecular flexibility index (Phi) is 3.42. The van der Waals surface area contributed by atoms with Gasteiger partial charge in [0.05, 0.1) is 0 Å². The molecule has 1 aliphatic carbocycles. The predicted molar refractivity (Wildman–Crippen MR) is 62.8 cm³/mol. The molecule has 2 rings (SSSR count). The van der Waals surface area contributed by atoms with E-state index in [4.69, 9.17) is 11.6 Å². The largest absolute Gasteiger partial charge is 0.247 e. The second kappa shape index (κ2) is 4.80. The predicted octanol–water partition coefficient (Wildman–Crippen LogP) is 4.64. The summed E-state index contributed by atoms with van der Waals surface area (Å²) >= 11 is 6.05. The first kappa shape index (κ1) is 10.7. The molecule has 0 aliphatic heterocycles. The SMILES string of the molecule is FC1CCC(=Cc2ccccc2Cl)CC1. The maximum Gasteiger partial charge on any atom is 0.101 e. The fourth-order valence-corrected chi connectivity index (χ4v) is 2.10. The second-order valence-electron chi connectivity index (χ2n) is 4.00. The van der Waals surface area contributed by atoms with Crippen LogP contribution in [0.15, 0.2) is 29.8 Å². The topological polar surface area (TPSA) is 0 Å². The number of hydrogen-bond acceptors (Lipinski definition) is 0. The van der Waals surface area contributed by atoms with E-state index in [0.717, 1.165) is 23.4 Å². The number of rotatable bonds is 1. The molecular weight excluding hydrogens is 211 g/mol. The second-order valence-corrected chi connectivity index (χ2v) is 4.41. The number of alkyl halides is 1. The van der Waals surface area contributed by atoms with Crippen molar-refractivity contribution in [3.05, 3.63) is 40.4 Å². The van der Waals surface area contributed by atoms with Gasteiger partial charge >= 0.3 is 0 Å². The van der Waals surface area contributed by atoms with Gasteiger partial charge in [-0.05, 0) is 37.3 Å². The van der Waals surface area contributed by atoms with E-state index in [1.54, 1.807) is 0 Å². The van der Waals surface area contributed by atoms with Gasteiger partial charge in [0.1, 0.15) is 6.17 Å². The molecule has 0 amide bonds. The molecular formula is C13H14ClF. The van der Waals surface area contributed by atoms with Gasteiger partial charge < -0.3 is 0 Å². The van der Waals surface area contributed by atoms with Gasteiger partial charge in [-0.3, -0.25) is 0 Å². The van der Waals surface area contributed by atoms with Gasteiger partial charge in [0, 0.05) is 5.02 Å². The molecule has 0 radical (unpaired) electrons. The van der Waals surface area contributed by atoms with Gasteiger partial charge in [-0.1, -0.05) is 41.4 Å². The maximum absolute atomic E-state index is 12.9. The summed E-state index contributed by atoms with van der Waals surface area (Å²) in [4.78, 5) is 0. The smallest absolute Gasteiger partial charge is 0.101 e. The minimum atomic E-state index is -0.603. The average Bonchev–Trinajstić information content (AvgIpc) is 2.25. The highest BCUT2D eigenvalue weighted by Gasteiger charge is 2.15. The van der Waals surface area contributed by atoms with Crippen LogP contribution in [-0.2, 0) is 0 Å². The summed E-state index contributed by atoms with van der Waals surface area (Å²) in [6, 6.07) is 7.77. The summed E-state index contributed by atoms with van der Waals surface area (Å²) in [7, 11) is 0. The van der Waals surface area contributed by atoms with Gasteiger partial charge in [-0.2, -0.15) is 0 Å². The van der Waals surface area contributed by atoms with Crippen LogP contribution < -0.4 is 0 Å². The van der Waals surface area contributed by atoms with Crippen molar-refractivity contribution in [3.8, 4) is 0 Å². The van der Waals surface area contributed by atoms with Crippen molar-refractivity contribution in [1.82, 2.24) is 0 Å². The van der Waals surface area contributed by atoms with Crippen LogP contribution in [0.1, 0.15) is 31.2 Å². The van der Waals surface area contributed by atoms with Crippen molar-refractivity contribution in [2.75, 3.05) is 0 Å². The maximum atomic E-state index is 12.9. The van der Waals surface area contributed by atoms with Crippen LogP contribution in [0.25, 0.3) is 6.08 Å². The number of halogens is 2. The summed E-state index contributed by atoms with van der Waals surface area (Å²) in [5.74, 6) is 0. The molecule has 0 saturated heterocycles. The lowest BCUT2D eigenvalue weighted by molar-refractivity contribution is 0.277. The molecule has 0 bridgehead atoms. The molecule has 0 atom stereocenters. The highest BCUT2D eigenvalue weighted by Crippen LogP contribution is 2.28. The molecule has 1 saturated carbocycles. The molecule has 1 aromatic carbocycles. The summed E-state index contributed by atoms with van der Waals surface area (Å²) < 4.78 is 12.9. The molecule has 2 heteroatoms. The highest BCUT2D eigenvalue weighted by molar-refractivity contribution is 6.32. The zero-order valence-electron chi connectivity index (χ0n) is 8.55. The minimum Gasteiger partial charge on any atom is -0.247 e. The van der Waals surface area contributed by atoms with Crippen molar-refractivity contribution in [3.63, 3.8) is 0 Å². The lowest BCUT2D eigenvalue weighted by Gasteiger charge is -2.17. The van der Waals surface area contributed by atoms with E-state index >= 15 is 0 Å². The third kappa shape index (κ3) is 2.82. The fraction of sp³-hybridized carbons (Fsp3) is 0.385. The molecule has 1 aromatic rings. The van der Waals surface area contributed by atoms with E-state index in [1.807, 2.05) is 24.3 Å². The van der Waals surface area contributed by atoms with Gasteiger partial charge in [0.25, 0.3) is 0 Å². The van der Waals surface area contributed by atoms with Gasteiger partial charge in [-0.25, -0.2) is 4.39 Å². The number of benzene rings is 1. The molecule has 0 unspecified atom stereocenters. The van der Waals surface area contributed by atoms with E-state index in [2.05, 4.69) is 6.08 Å². The molecule has 0 aromatic heterocycles. The van der Waals surface area contributed by atoms with Crippen molar-refractivity contribution in [2.45, 2.75) is 31.9 Å². The average molecular weight is 225 g/mol. The standard InChI is InChI=1S/C13H14ClF/c14-13-4-2-1-3-11(13)9-10-5-7-12(15)8-6-10/h1-4,9,12H,5-8H2. The Morgan fingerprint density at radius 2 is 1.87 bits per heavy atom. The van der Waals surface area contributed by atoms with Crippen molar-refractivity contribution < 1.29 is 4.39 Å². The first-order chi connectivity index (χ1) is 7.25. The zero-order chi connectivity index (χ0) is 10.7. The lowest BCUT2D eigenvalue weighted by atomic mass is 9.92. The first-order valence-corrected chi connectivity index (χ1v) is 5.71. The van der Waals surface area contributed by atoms with Crippen LogP contribution in [0, 0.1) is 0 Å². The Hall–Kier alpha value is -0.820. The van der Waals surface area contributed by atoms with Gasteiger partial charge in [-0.15, -0.1) is 0 Å². The summed E-state index contributed by atoms with van der Waals surface area (Å²) in [5.41, 5.74) is 2.36. The van der Waals surface area contributed by atoms with Crippen LogP contribution in [0.3, 0.4) is 0 Å². The third-order valence-electron chi connectivity index (χ3n) is 2.82. The molecule has 15 heavy (non-hydrogen) atoms. The van der Waals surface area contributed by atoms with Gasteiger partial charge in [0.15, 0.2) is 0 Å². The normalized spacial score (nSPS) is 21.5. The fourth-order valence-electron chi connectivity index (χ4n) is 1.91. The molecule has 0 spiro atoms. The third-order valence-corrected chi connectivity index (χ3v) is 3.17. The Morgan fingerprint density at radius 3 is 2.53 bits per heavy atom. The number of allylic oxidation sites excluding steroid dienone is 1. The van der Waals surface area contributed by atoms with Crippen molar-refractivity contribution in [2.24, 2.45) is 0 Å². The molecule has 0 N–H and O–H groups in total. The van der Waals surface area contributed by atoms with Crippen LogP contribution >= 0.6 is 11.6 Å². The Morgan fingerprint density at radius 1 is 1.20 bits per heavy atom. The first-order valence-electron chi connectivity index (χ1n) is 5.34. The lowest BCUT2D eigenvalue weighted by Crippen LogP contribution is -2.07. The quantitative estimate of drug-likeness (QED) is 0.652.